The topological polar surface area (TPSA) is 43.8 Å². The molecule has 1 aliphatic carbocycles. The smallest absolute Gasteiger partial charge is 0.0693 e. The SMILES string of the molecule is CCn1ncc(Br)c1C(N)CC1CCCCC1. The van der Waals surface area contributed by atoms with Crippen molar-refractivity contribution in [3.05, 3.63) is 16.4 Å². The molecule has 1 aromatic rings. The Hall–Kier alpha value is -0.350. The fourth-order valence-electron chi connectivity index (χ4n) is 2.89. The molecule has 0 amide bonds. The van der Waals surface area contributed by atoms with Gasteiger partial charge in [0.1, 0.15) is 0 Å². The molecule has 1 heterocycles. The Labute approximate surface area is 112 Å². The molecule has 0 saturated heterocycles. The van der Waals surface area contributed by atoms with E-state index in [9.17, 15) is 0 Å². The molecule has 1 saturated carbocycles. The number of nitrogens with zero attached hydrogens (tertiary/aromatic N) is 2. The molecular formula is C13H22BrN3. The maximum Gasteiger partial charge on any atom is 0.0693 e. The van der Waals surface area contributed by atoms with Crippen LogP contribution in [-0.4, -0.2) is 9.78 Å². The van der Waals surface area contributed by atoms with E-state index in [1.165, 1.54) is 32.1 Å². The average Bonchev–Trinajstić information content (AvgIpc) is 2.71. The number of aryl methyl sites for hydroxylation is 1. The lowest BCUT2D eigenvalue weighted by atomic mass is 9.84. The van der Waals surface area contributed by atoms with Crippen molar-refractivity contribution < 1.29 is 0 Å². The molecule has 1 atom stereocenters. The van der Waals surface area contributed by atoms with Crippen LogP contribution >= 0.6 is 15.9 Å². The van der Waals surface area contributed by atoms with E-state index < -0.39 is 0 Å². The van der Waals surface area contributed by atoms with Gasteiger partial charge < -0.3 is 5.73 Å². The van der Waals surface area contributed by atoms with E-state index in [-0.39, 0.29) is 6.04 Å². The number of aromatic nitrogens is 2. The van der Waals surface area contributed by atoms with Gasteiger partial charge in [-0.2, -0.15) is 5.10 Å². The molecule has 0 aliphatic heterocycles. The molecule has 0 bridgehead atoms. The second kappa shape index (κ2) is 6.01. The summed E-state index contributed by atoms with van der Waals surface area (Å²) in [7, 11) is 0. The lowest BCUT2D eigenvalue weighted by Gasteiger charge is -2.25. The molecule has 4 heteroatoms. The number of hydrogen-bond acceptors (Lipinski definition) is 2. The Morgan fingerprint density at radius 1 is 1.47 bits per heavy atom. The molecule has 1 fully saturated rings. The predicted octanol–water partition coefficient (Wildman–Crippen LogP) is 3.64. The lowest BCUT2D eigenvalue weighted by molar-refractivity contribution is 0.314. The average molecular weight is 300 g/mol. The summed E-state index contributed by atoms with van der Waals surface area (Å²) in [5.41, 5.74) is 7.52. The van der Waals surface area contributed by atoms with Crippen molar-refractivity contribution in [2.75, 3.05) is 0 Å². The molecule has 17 heavy (non-hydrogen) atoms. The molecule has 0 spiro atoms. The van der Waals surface area contributed by atoms with E-state index in [1.54, 1.807) is 0 Å². The van der Waals surface area contributed by atoms with Crippen LogP contribution in [0.25, 0.3) is 0 Å². The zero-order chi connectivity index (χ0) is 12.3. The van der Waals surface area contributed by atoms with Crippen molar-refractivity contribution in [3.8, 4) is 0 Å². The van der Waals surface area contributed by atoms with Gasteiger partial charge in [-0.1, -0.05) is 32.1 Å². The minimum absolute atomic E-state index is 0.120. The molecule has 0 radical (unpaired) electrons. The van der Waals surface area contributed by atoms with Crippen LogP contribution in [0.3, 0.4) is 0 Å². The molecule has 1 aliphatic rings. The van der Waals surface area contributed by atoms with Crippen LogP contribution in [0.2, 0.25) is 0 Å². The lowest BCUT2D eigenvalue weighted by Crippen LogP contribution is -2.21. The Morgan fingerprint density at radius 2 is 2.18 bits per heavy atom. The van der Waals surface area contributed by atoms with Crippen molar-refractivity contribution in [2.45, 2.75) is 58.0 Å². The normalized spacial score (nSPS) is 19.5. The monoisotopic (exact) mass is 299 g/mol. The summed E-state index contributed by atoms with van der Waals surface area (Å²) in [6.07, 6.45) is 9.83. The van der Waals surface area contributed by atoms with Crippen LogP contribution in [0.4, 0.5) is 0 Å². The highest BCUT2D eigenvalue weighted by Gasteiger charge is 2.21. The van der Waals surface area contributed by atoms with Gasteiger partial charge in [0.25, 0.3) is 0 Å². The third-order valence-electron chi connectivity index (χ3n) is 3.80. The maximum absolute atomic E-state index is 6.36. The zero-order valence-electron chi connectivity index (χ0n) is 10.5. The fourth-order valence-corrected chi connectivity index (χ4v) is 3.48. The summed E-state index contributed by atoms with van der Waals surface area (Å²) in [5, 5.41) is 4.34. The van der Waals surface area contributed by atoms with Crippen LogP contribution in [0, 0.1) is 5.92 Å². The van der Waals surface area contributed by atoms with E-state index in [1.807, 2.05) is 10.9 Å². The van der Waals surface area contributed by atoms with Crippen molar-refractivity contribution in [3.63, 3.8) is 0 Å². The number of rotatable bonds is 4. The molecule has 2 N–H and O–H groups in total. The van der Waals surface area contributed by atoms with Crippen molar-refractivity contribution >= 4 is 15.9 Å². The zero-order valence-corrected chi connectivity index (χ0v) is 12.1. The second-order valence-electron chi connectivity index (χ2n) is 5.04. The van der Waals surface area contributed by atoms with Crippen molar-refractivity contribution in [1.82, 2.24) is 9.78 Å². The van der Waals surface area contributed by atoms with E-state index in [4.69, 9.17) is 5.73 Å². The molecular weight excluding hydrogens is 278 g/mol. The van der Waals surface area contributed by atoms with Crippen LogP contribution < -0.4 is 5.73 Å². The third kappa shape index (κ3) is 3.10. The van der Waals surface area contributed by atoms with Gasteiger partial charge in [0, 0.05) is 12.6 Å². The van der Waals surface area contributed by atoms with E-state index in [2.05, 4.69) is 28.0 Å². The van der Waals surface area contributed by atoms with Crippen molar-refractivity contribution in [1.29, 1.82) is 0 Å². The Kier molecular flexibility index (Phi) is 4.62. The highest BCUT2D eigenvalue weighted by molar-refractivity contribution is 9.10. The van der Waals surface area contributed by atoms with E-state index in [0.717, 1.165) is 29.1 Å². The Morgan fingerprint density at radius 3 is 2.82 bits per heavy atom. The molecule has 2 rings (SSSR count). The van der Waals surface area contributed by atoms with Gasteiger partial charge in [0.05, 0.1) is 16.4 Å². The number of nitrogens with two attached hydrogens (primary N) is 1. The molecule has 96 valence electrons. The molecule has 1 unspecified atom stereocenters. The standard InChI is InChI=1S/C13H22BrN3/c1-2-17-13(11(14)9-16-17)12(15)8-10-6-4-3-5-7-10/h9-10,12H,2-8,15H2,1H3. The largest absolute Gasteiger partial charge is 0.323 e. The maximum atomic E-state index is 6.36. The first kappa shape index (κ1) is 13.1. The fraction of sp³-hybridized carbons (Fsp3) is 0.769. The van der Waals surface area contributed by atoms with Gasteiger partial charge in [-0.3, -0.25) is 4.68 Å². The summed E-state index contributed by atoms with van der Waals surface area (Å²) < 4.78 is 3.07. The van der Waals surface area contributed by atoms with Crippen LogP contribution in [-0.2, 0) is 6.54 Å². The summed E-state index contributed by atoms with van der Waals surface area (Å²) in [6.45, 7) is 3.00. The summed E-state index contributed by atoms with van der Waals surface area (Å²) in [5.74, 6) is 0.811. The number of hydrogen-bond donors (Lipinski definition) is 1. The van der Waals surface area contributed by atoms with Crippen LogP contribution in [0.15, 0.2) is 10.7 Å². The van der Waals surface area contributed by atoms with Gasteiger partial charge in [0.2, 0.25) is 0 Å². The first-order valence-corrected chi connectivity index (χ1v) is 7.48. The summed E-state index contributed by atoms with van der Waals surface area (Å²) >= 11 is 3.56. The first-order chi connectivity index (χ1) is 8.22. The van der Waals surface area contributed by atoms with Crippen LogP contribution in [0.1, 0.15) is 57.2 Å². The quantitative estimate of drug-likeness (QED) is 0.922. The molecule has 0 aromatic carbocycles. The molecule has 3 nitrogen and oxygen atoms in total. The van der Waals surface area contributed by atoms with Crippen LogP contribution in [0.5, 0.6) is 0 Å². The third-order valence-corrected chi connectivity index (χ3v) is 4.41. The van der Waals surface area contributed by atoms with Gasteiger partial charge >= 0.3 is 0 Å². The Balaban J connectivity index is 2.02. The predicted molar refractivity (Wildman–Crippen MR) is 73.7 cm³/mol. The van der Waals surface area contributed by atoms with E-state index in [0.29, 0.717) is 0 Å². The summed E-state index contributed by atoms with van der Waals surface area (Å²) in [6, 6.07) is 0.120. The minimum Gasteiger partial charge on any atom is -0.323 e. The second-order valence-corrected chi connectivity index (χ2v) is 5.89. The highest BCUT2D eigenvalue weighted by atomic mass is 79.9. The van der Waals surface area contributed by atoms with Gasteiger partial charge in [-0.05, 0) is 35.2 Å². The summed E-state index contributed by atoms with van der Waals surface area (Å²) in [4.78, 5) is 0. The number of halogens is 1. The van der Waals surface area contributed by atoms with Crippen molar-refractivity contribution in [2.24, 2.45) is 11.7 Å². The van der Waals surface area contributed by atoms with Gasteiger partial charge in [-0.25, -0.2) is 0 Å². The minimum atomic E-state index is 0.120. The van der Waals surface area contributed by atoms with Gasteiger partial charge in [-0.15, -0.1) is 0 Å². The van der Waals surface area contributed by atoms with E-state index >= 15 is 0 Å². The molecule has 1 aromatic heterocycles. The highest BCUT2D eigenvalue weighted by Crippen LogP contribution is 2.32. The Bertz CT molecular complexity index is 356. The first-order valence-electron chi connectivity index (χ1n) is 6.69. The van der Waals surface area contributed by atoms with Gasteiger partial charge in [0.15, 0.2) is 0 Å².